The van der Waals surface area contributed by atoms with Crippen LogP contribution in [0.2, 0.25) is 0 Å². The smallest absolute Gasteiger partial charge is 0.295 e. The lowest BCUT2D eigenvalue weighted by molar-refractivity contribution is -0.127. The number of pyridine rings is 1. The molecule has 1 aromatic carbocycles. The Hall–Kier alpha value is -4.47. The number of carbonyl (C=O) groups is 3. The number of nitrogens with one attached hydrogen (secondary N) is 1. The summed E-state index contributed by atoms with van der Waals surface area (Å²) < 4.78 is 14.7. The molecule has 2 amide bonds. The molecule has 1 saturated heterocycles. The fraction of sp³-hybridized carbons (Fsp3) is 0.167. The summed E-state index contributed by atoms with van der Waals surface area (Å²) in [7, 11) is 0. The highest BCUT2D eigenvalue weighted by Crippen LogP contribution is 2.29. The average Bonchev–Trinajstić information content (AvgIpc) is 3.35. The molecule has 1 aliphatic rings. The van der Waals surface area contributed by atoms with E-state index in [0.717, 1.165) is 6.20 Å². The summed E-state index contributed by atoms with van der Waals surface area (Å²) in [5.74, 6) is -2.42. The Morgan fingerprint density at radius 3 is 2.35 bits per heavy atom. The SMILES string of the molecule is O=C(C(=O)N1CCN(C(=O)c2ccccc2)CC1)c1c[nH]c2c(-c3cnccn3)ncc(F)c12. The van der Waals surface area contributed by atoms with E-state index in [1.807, 2.05) is 6.07 Å². The lowest BCUT2D eigenvalue weighted by Gasteiger charge is -2.34. The van der Waals surface area contributed by atoms with E-state index in [2.05, 4.69) is 19.9 Å². The van der Waals surface area contributed by atoms with E-state index in [1.54, 1.807) is 29.2 Å². The van der Waals surface area contributed by atoms with Gasteiger partial charge in [-0.15, -0.1) is 0 Å². The first-order valence-electron chi connectivity index (χ1n) is 10.6. The number of aromatic nitrogens is 4. The van der Waals surface area contributed by atoms with Gasteiger partial charge >= 0.3 is 0 Å². The normalized spacial score (nSPS) is 13.8. The lowest BCUT2D eigenvalue weighted by Crippen LogP contribution is -2.52. The average molecular weight is 458 g/mol. The molecule has 9 nitrogen and oxygen atoms in total. The fourth-order valence-corrected chi connectivity index (χ4v) is 4.04. The first-order chi connectivity index (χ1) is 16.5. The number of hydrogen-bond donors (Lipinski definition) is 1. The summed E-state index contributed by atoms with van der Waals surface area (Å²) in [4.78, 5) is 56.8. The fourth-order valence-electron chi connectivity index (χ4n) is 4.04. The van der Waals surface area contributed by atoms with Crippen LogP contribution >= 0.6 is 0 Å². The zero-order valence-corrected chi connectivity index (χ0v) is 17.9. The number of hydrogen-bond acceptors (Lipinski definition) is 6. The van der Waals surface area contributed by atoms with Gasteiger partial charge < -0.3 is 14.8 Å². The van der Waals surface area contributed by atoms with Crippen LogP contribution in [0.1, 0.15) is 20.7 Å². The van der Waals surface area contributed by atoms with Gasteiger partial charge in [-0.05, 0) is 12.1 Å². The number of ketones is 1. The summed E-state index contributed by atoms with van der Waals surface area (Å²) >= 11 is 0. The van der Waals surface area contributed by atoms with Crippen LogP contribution < -0.4 is 0 Å². The Balaban J connectivity index is 1.35. The van der Waals surface area contributed by atoms with Gasteiger partial charge in [-0.1, -0.05) is 18.2 Å². The Morgan fingerprint density at radius 1 is 0.912 bits per heavy atom. The van der Waals surface area contributed by atoms with Crippen molar-refractivity contribution in [3.05, 3.63) is 78.3 Å². The van der Waals surface area contributed by atoms with E-state index in [4.69, 9.17) is 0 Å². The highest BCUT2D eigenvalue weighted by Gasteiger charge is 2.31. The van der Waals surface area contributed by atoms with Crippen molar-refractivity contribution in [3.63, 3.8) is 0 Å². The van der Waals surface area contributed by atoms with Crippen molar-refractivity contribution >= 4 is 28.5 Å². The molecule has 1 fully saturated rings. The maximum Gasteiger partial charge on any atom is 0.295 e. The number of halogens is 1. The number of amides is 2. The van der Waals surface area contributed by atoms with Crippen molar-refractivity contribution in [2.45, 2.75) is 0 Å². The maximum atomic E-state index is 14.7. The molecule has 170 valence electrons. The van der Waals surface area contributed by atoms with Gasteiger partial charge in [-0.3, -0.25) is 24.4 Å². The van der Waals surface area contributed by atoms with Crippen LogP contribution in [0.15, 0.2) is 61.3 Å². The number of benzene rings is 1. The van der Waals surface area contributed by atoms with E-state index in [-0.39, 0.29) is 35.5 Å². The minimum atomic E-state index is -0.829. The predicted molar refractivity (Wildman–Crippen MR) is 120 cm³/mol. The number of rotatable bonds is 4. The third kappa shape index (κ3) is 3.79. The second-order valence-electron chi connectivity index (χ2n) is 7.78. The Labute approximate surface area is 193 Å². The summed E-state index contributed by atoms with van der Waals surface area (Å²) in [6.07, 6.45) is 6.76. The Morgan fingerprint density at radius 2 is 1.65 bits per heavy atom. The second-order valence-corrected chi connectivity index (χ2v) is 7.78. The molecule has 3 aromatic heterocycles. The van der Waals surface area contributed by atoms with Gasteiger partial charge in [-0.25, -0.2) is 9.37 Å². The molecule has 0 unspecified atom stereocenters. The van der Waals surface area contributed by atoms with Crippen molar-refractivity contribution in [3.8, 4) is 11.4 Å². The predicted octanol–water partition coefficient (Wildman–Crippen LogP) is 2.33. The van der Waals surface area contributed by atoms with Crippen LogP contribution in [0.3, 0.4) is 0 Å². The molecule has 0 atom stereocenters. The molecule has 0 spiro atoms. The van der Waals surface area contributed by atoms with E-state index in [1.165, 1.54) is 29.7 Å². The van der Waals surface area contributed by atoms with Crippen molar-refractivity contribution in [2.75, 3.05) is 26.2 Å². The number of fused-ring (bicyclic) bond motifs is 1. The van der Waals surface area contributed by atoms with Gasteiger partial charge in [0.15, 0.2) is 5.82 Å². The molecule has 4 aromatic rings. The van der Waals surface area contributed by atoms with Crippen molar-refractivity contribution in [2.24, 2.45) is 0 Å². The molecule has 0 bridgehead atoms. The highest BCUT2D eigenvalue weighted by molar-refractivity contribution is 6.45. The number of carbonyl (C=O) groups excluding carboxylic acids is 3. The molecular weight excluding hydrogens is 439 g/mol. The molecule has 0 radical (unpaired) electrons. The summed E-state index contributed by atoms with van der Waals surface area (Å²) in [5.41, 5.74) is 1.48. The first-order valence-corrected chi connectivity index (χ1v) is 10.6. The van der Waals surface area contributed by atoms with Crippen LogP contribution in [-0.4, -0.2) is 73.5 Å². The summed E-state index contributed by atoms with van der Waals surface area (Å²) in [6.45, 7) is 1.02. The Kier molecular flexibility index (Phi) is 5.54. The molecule has 0 aliphatic carbocycles. The third-order valence-corrected chi connectivity index (χ3v) is 5.78. The lowest BCUT2D eigenvalue weighted by atomic mass is 10.1. The number of aromatic amines is 1. The minimum Gasteiger partial charge on any atom is -0.359 e. The van der Waals surface area contributed by atoms with Crippen LogP contribution in [0.25, 0.3) is 22.3 Å². The Bertz CT molecular complexity index is 1380. The van der Waals surface area contributed by atoms with Crippen LogP contribution in [0.4, 0.5) is 4.39 Å². The minimum absolute atomic E-state index is 0.0214. The van der Waals surface area contributed by atoms with Gasteiger partial charge in [0.1, 0.15) is 11.4 Å². The standard InChI is InChI=1S/C24H19FN6O3/c25-17-13-29-20(18-14-26-6-7-27-18)21-19(17)16(12-28-21)22(32)24(34)31-10-8-30(9-11-31)23(33)15-4-2-1-3-5-15/h1-7,12-14,28H,8-11H2. The highest BCUT2D eigenvalue weighted by atomic mass is 19.1. The third-order valence-electron chi connectivity index (χ3n) is 5.78. The zero-order chi connectivity index (χ0) is 23.7. The van der Waals surface area contributed by atoms with Crippen molar-refractivity contribution in [1.82, 2.24) is 29.7 Å². The summed E-state index contributed by atoms with van der Waals surface area (Å²) in [6, 6.07) is 8.88. The quantitative estimate of drug-likeness (QED) is 0.371. The van der Waals surface area contributed by atoms with Gasteiger partial charge in [0.05, 0.1) is 28.9 Å². The van der Waals surface area contributed by atoms with Crippen LogP contribution in [0, 0.1) is 5.82 Å². The second kappa shape index (κ2) is 8.81. The number of H-pyrrole nitrogens is 1. The number of piperazine rings is 1. The van der Waals surface area contributed by atoms with Gasteiger partial charge in [0.25, 0.3) is 17.6 Å². The molecule has 4 heterocycles. The monoisotopic (exact) mass is 458 g/mol. The molecule has 5 rings (SSSR count). The zero-order valence-electron chi connectivity index (χ0n) is 17.9. The molecular formula is C24H19FN6O3. The van der Waals surface area contributed by atoms with Crippen LogP contribution in [-0.2, 0) is 4.79 Å². The van der Waals surface area contributed by atoms with E-state index < -0.39 is 17.5 Å². The molecule has 34 heavy (non-hydrogen) atoms. The topological polar surface area (TPSA) is 112 Å². The molecule has 1 N–H and O–H groups in total. The molecule has 10 heteroatoms. The molecule has 1 aliphatic heterocycles. The maximum absolute atomic E-state index is 14.7. The number of nitrogens with zero attached hydrogens (tertiary/aromatic N) is 5. The largest absolute Gasteiger partial charge is 0.359 e. The van der Waals surface area contributed by atoms with E-state index >= 15 is 0 Å². The van der Waals surface area contributed by atoms with Crippen molar-refractivity contribution in [1.29, 1.82) is 0 Å². The van der Waals surface area contributed by atoms with Gasteiger partial charge in [-0.2, -0.15) is 0 Å². The van der Waals surface area contributed by atoms with Crippen LogP contribution in [0.5, 0.6) is 0 Å². The first kappa shape index (κ1) is 21.4. The summed E-state index contributed by atoms with van der Waals surface area (Å²) in [5, 5.41) is -0.0214. The number of Topliss-reactive ketones (excluding diaryl/α,β-unsaturated/α-hetero) is 1. The molecule has 0 saturated carbocycles. The van der Waals surface area contributed by atoms with Gasteiger partial charge in [0, 0.05) is 50.3 Å². The van der Waals surface area contributed by atoms with E-state index in [0.29, 0.717) is 30.0 Å². The van der Waals surface area contributed by atoms with Crippen molar-refractivity contribution < 1.29 is 18.8 Å². The van der Waals surface area contributed by atoms with E-state index in [9.17, 15) is 18.8 Å². The van der Waals surface area contributed by atoms with Gasteiger partial charge in [0.2, 0.25) is 0 Å².